The Morgan fingerprint density at radius 2 is 2.14 bits per heavy atom. The molecule has 0 aliphatic heterocycles. The van der Waals surface area contributed by atoms with E-state index < -0.39 is 12.0 Å². The molecular formula is C8H16N2O4. The molecule has 0 rings (SSSR count). The number of hydrogen-bond acceptors (Lipinski definition) is 5. The first-order valence-corrected chi connectivity index (χ1v) is 4.32. The Hall–Kier alpha value is -1.14. The minimum absolute atomic E-state index is 0.0384. The van der Waals surface area contributed by atoms with E-state index in [1.165, 1.54) is 0 Å². The molecule has 1 amide bonds. The van der Waals surface area contributed by atoms with Crippen LogP contribution in [0, 0.1) is 5.92 Å². The molecule has 6 nitrogen and oxygen atoms in total. The number of hydrogen-bond donors (Lipinski definition) is 2. The first-order valence-electron chi connectivity index (χ1n) is 4.32. The van der Waals surface area contributed by atoms with Gasteiger partial charge in [-0.1, -0.05) is 13.8 Å². The molecule has 0 aromatic carbocycles. The summed E-state index contributed by atoms with van der Waals surface area (Å²) in [6, 6.07) is -0.617. The average Bonchev–Trinajstić information content (AvgIpc) is 2.16. The van der Waals surface area contributed by atoms with Gasteiger partial charge in [0.05, 0.1) is 0 Å². The number of rotatable bonds is 7. The second kappa shape index (κ2) is 7.28. The van der Waals surface area contributed by atoms with Gasteiger partial charge in [0.25, 0.3) is 0 Å². The van der Waals surface area contributed by atoms with Crippen molar-refractivity contribution in [3.8, 4) is 0 Å². The van der Waals surface area contributed by atoms with Gasteiger partial charge in [0.2, 0.25) is 6.41 Å². The summed E-state index contributed by atoms with van der Waals surface area (Å²) in [5.41, 5.74) is 7.48. The van der Waals surface area contributed by atoms with Crippen molar-refractivity contribution in [1.82, 2.24) is 5.48 Å². The summed E-state index contributed by atoms with van der Waals surface area (Å²) in [5.74, 6) is -0.425. The van der Waals surface area contributed by atoms with E-state index in [9.17, 15) is 9.59 Å². The maximum Gasteiger partial charge on any atom is 0.323 e. The largest absolute Gasteiger partial charge is 0.462 e. The third-order valence-electron chi connectivity index (χ3n) is 1.55. The maximum absolute atomic E-state index is 11.1. The van der Waals surface area contributed by atoms with E-state index in [0.29, 0.717) is 6.41 Å². The van der Waals surface area contributed by atoms with Crippen LogP contribution in [-0.2, 0) is 19.2 Å². The molecule has 0 spiro atoms. The fourth-order valence-corrected chi connectivity index (χ4v) is 0.645. The normalized spacial score (nSPS) is 12.3. The van der Waals surface area contributed by atoms with E-state index in [-0.39, 0.29) is 19.1 Å². The van der Waals surface area contributed by atoms with Crippen molar-refractivity contribution in [1.29, 1.82) is 0 Å². The van der Waals surface area contributed by atoms with E-state index >= 15 is 0 Å². The predicted molar refractivity (Wildman–Crippen MR) is 48.9 cm³/mol. The zero-order valence-corrected chi connectivity index (χ0v) is 8.36. The van der Waals surface area contributed by atoms with Crippen molar-refractivity contribution < 1.29 is 19.2 Å². The fraction of sp³-hybridized carbons (Fsp3) is 0.750. The van der Waals surface area contributed by atoms with Crippen LogP contribution in [0.3, 0.4) is 0 Å². The number of carbonyl (C=O) groups is 2. The first kappa shape index (κ1) is 12.9. The molecule has 0 aromatic heterocycles. The second-order valence-electron chi connectivity index (χ2n) is 3.02. The van der Waals surface area contributed by atoms with Gasteiger partial charge in [-0.25, -0.2) is 5.48 Å². The lowest BCUT2D eigenvalue weighted by molar-refractivity contribution is -0.149. The van der Waals surface area contributed by atoms with Crippen molar-refractivity contribution in [2.24, 2.45) is 11.7 Å². The second-order valence-corrected chi connectivity index (χ2v) is 3.02. The topological polar surface area (TPSA) is 90.7 Å². The minimum atomic E-state index is -0.617. The Bertz CT molecular complexity index is 184. The fourth-order valence-electron chi connectivity index (χ4n) is 0.645. The molecule has 1 atom stereocenters. The highest BCUT2D eigenvalue weighted by molar-refractivity contribution is 5.75. The van der Waals surface area contributed by atoms with Crippen molar-refractivity contribution in [3.05, 3.63) is 0 Å². The Labute approximate surface area is 82.7 Å². The number of carbonyl (C=O) groups excluding carboxylic acids is 2. The highest BCUT2D eigenvalue weighted by Gasteiger charge is 2.18. The summed E-state index contributed by atoms with van der Waals surface area (Å²) in [7, 11) is 0. The molecule has 0 aliphatic rings. The highest BCUT2D eigenvalue weighted by atomic mass is 16.7. The van der Waals surface area contributed by atoms with Crippen LogP contribution in [0.1, 0.15) is 13.8 Å². The van der Waals surface area contributed by atoms with Gasteiger partial charge in [0.1, 0.15) is 19.3 Å². The zero-order chi connectivity index (χ0) is 11.0. The van der Waals surface area contributed by atoms with Gasteiger partial charge in [0.15, 0.2) is 0 Å². The minimum Gasteiger partial charge on any atom is -0.462 e. The molecule has 0 bridgehead atoms. The van der Waals surface area contributed by atoms with E-state index in [1.807, 2.05) is 19.3 Å². The van der Waals surface area contributed by atoms with Crippen LogP contribution in [0.15, 0.2) is 0 Å². The number of ether oxygens (including phenoxy) is 1. The van der Waals surface area contributed by atoms with Gasteiger partial charge in [0, 0.05) is 0 Å². The van der Waals surface area contributed by atoms with Crippen LogP contribution in [0.4, 0.5) is 0 Å². The Morgan fingerprint density at radius 1 is 1.50 bits per heavy atom. The average molecular weight is 204 g/mol. The lowest BCUT2D eigenvalue weighted by Crippen LogP contribution is -2.37. The van der Waals surface area contributed by atoms with Crippen molar-refractivity contribution >= 4 is 12.4 Å². The molecule has 0 aliphatic carbocycles. The van der Waals surface area contributed by atoms with Crippen molar-refractivity contribution in [3.63, 3.8) is 0 Å². The third-order valence-corrected chi connectivity index (χ3v) is 1.55. The first-order chi connectivity index (χ1) is 6.59. The summed E-state index contributed by atoms with van der Waals surface area (Å²) < 4.78 is 4.77. The summed E-state index contributed by atoms with van der Waals surface area (Å²) in [6.07, 6.45) is 0.391. The molecule has 0 saturated heterocycles. The Balaban J connectivity index is 3.49. The molecular weight excluding hydrogens is 188 g/mol. The van der Waals surface area contributed by atoms with Crippen LogP contribution in [0.2, 0.25) is 0 Å². The molecule has 0 fully saturated rings. The Kier molecular flexibility index (Phi) is 6.69. The summed E-state index contributed by atoms with van der Waals surface area (Å²) in [4.78, 5) is 25.4. The number of hydroxylamine groups is 1. The molecule has 14 heavy (non-hydrogen) atoms. The van der Waals surface area contributed by atoms with Crippen LogP contribution in [0.25, 0.3) is 0 Å². The van der Waals surface area contributed by atoms with Crippen LogP contribution in [-0.4, -0.2) is 31.6 Å². The SMILES string of the molecule is CC(C)[C@H](N)C(=O)OCCONC=O. The number of esters is 1. The van der Waals surface area contributed by atoms with E-state index in [0.717, 1.165) is 0 Å². The quantitative estimate of drug-likeness (QED) is 0.245. The molecule has 0 heterocycles. The molecule has 0 aromatic rings. The standard InChI is InChI=1S/C8H16N2O4/c1-6(2)7(9)8(12)13-3-4-14-10-5-11/h5-7H,3-4,9H2,1-2H3,(H,10,11)/t7-/m0/s1. The molecule has 6 heteroatoms. The van der Waals surface area contributed by atoms with Gasteiger partial charge in [-0.3, -0.25) is 14.4 Å². The van der Waals surface area contributed by atoms with Crippen LogP contribution >= 0.6 is 0 Å². The lowest BCUT2D eigenvalue weighted by atomic mass is 10.1. The van der Waals surface area contributed by atoms with Gasteiger partial charge in [-0.15, -0.1) is 0 Å². The maximum atomic E-state index is 11.1. The predicted octanol–water partition coefficient (Wildman–Crippen LogP) is -0.809. The summed E-state index contributed by atoms with van der Waals surface area (Å²) in [6.45, 7) is 3.84. The third kappa shape index (κ3) is 5.50. The van der Waals surface area contributed by atoms with Gasteiger partial charge < -0.3 is 10.5 Å². The molecule has 82 valence electrons. The summed E-state index contributed by atoms with van der Waals surface area (Å²) >= 11 is 0. The number of amides is 1. The summed E-state index contributed by atoms with van der Waals surface area (Å²) in [5, 5.41) is 0. The van der Waals surface area contributed by atoms with E-state index in [1.54, 1.807) is 0 Å². The lowest BCUT2D eigenvalue weighted by Gasteiger charge is -2.14. The smallest absolute Gasteiger partial charge is 0.323 e. The number of nitrogens with one attached hydrogen (secondary N) is 1. The van der Waals surface area contributed by atoms with Gasteiger partial charge >= 0.3 is 5.97 Å². The zero-order valence-electron chi connectivity index (χ0n) is 8.36. The molecule has 0 unspecified atom stereocenters. The van der Waals surface area contributed by atoms with Crippen molar-refractivity contribution in [2.45, 2.75) is 19.9 Å². The van der Waals surface area contributed by atoms with Gasteiger partial charge in [-0.05, 0) is 5.92 Å². The molecule has 0 radical (unpaired) electrons. The van der Waals surface area contributed by atoms with E-state index in [4.69, 9.17) is 10.5 Å². The monoisotopic (exact) mass is 204 g/mol. The Morgan fingerprint density at radius 3 is 2.64 bits per heavy atom. The number of nitrogens with two attached hydrogens (primary N) is 1. The highest BCUT2D eigenvalue weighted by Crippen LogP contribution is 1.99. The molecule has 0 saturated carbocycles. The van der Waals surface area contributed by atoms with Crippen LogP contribution in [0.5, 0.6) is 0 Å². The van der Waals surface area contributed by atoms with Crippen molar-refractivity contribution in [2.75, 3.05) is 13.2 Å². The molecule has 3 N–H and O–H groups in total. The van der Waals surface area contributed by atoms with E-state index in [2.05, 4.69) is 4.84 Å². The van der Waals surface area contributed by atoms with Gasteiger partial charge in [-0.2, -0.15) is 0 Å². The van der Waals surface area contributed by atoms with Crippen LogP contribution < -0.4 is 11.2 Å².